The molecule has 4 N–H and O–H groups in total. The molecule has 124 valence electrons. The van der Waals surface area contributed by atoms with Crippen LogP contribution >= 0.6 is 0 Å². The third-order valence-corrected chi connectivity index (χ3v) is 4.07. The molecule has 0 saturated carbocycles. The molecular formula is C17H15NO5S. The SMILES string of the molecule is NC(=O)c1ccccc1.O=S(=O)(O)c1cccc2cc(O)ccc12. The van der Waals surface area contributed by atoms with E-state index in [4.69, 9.17) is 10.3 Å². The van der Waals surface area contributed by atoms with E-state index in [1.54, 1.807) is 30.3 Å². The minimum Gasteiger partial charge on any atom is -0.508 e. The van der Waals surface area contributed by atoms with Crippen LogP contribution in [0.25, 0.3) is 10.8 Å². The van der Waals surface area contributed by atoms with Crippen molar-refractivity contribution in [2.24, 2.45) is 5.73 Å². The molecular weight excluding hydrogens is 330 g/mol. The number of amides is 1. The fourth-order valence-electron chi connectivity index (χ4n) is 2.07. The molecule has 0 bridgehead atoms. The Morgan fingerprint density at radius 1 is 0.917 bits per heavy atom. The lowest BCUT2D eigenvalue weighted by molar-refractivity contribution is 0.1000. The van der Waals surface area contributed by atoms with Gasteiger partial charge in [-0.25, -0.2) is 0 Å². The first kappa shape index (κ1) is 17.5. The fourth-order valence-corrected chi connectivity index (χ4v) is 2.78. The number of hydrogen-bond acceptors (Lipinski definition) is 4. The van der Waals surface area contributed by atoms with Gasteiger partial charge in [-0.15, -0.1) is 0 Å². The minimum atomic E-state index is -4.22. The lowest BCUT2D eigenvalue weighted by Crippen LogP contribution is -2.09. The Kier molecular flexibility index (Phi) is 5.18. The Balaban J connectivity index is 0.000000198. The first-order valence-electron chi connectivity index (χ1n) is 6.83. The zero-order valence-corrected chi connectivity index (χ0v) is 13.3. The van der Waals surface area contributed by atoms with E-state index >= 15 is 0 Å². The largest absolute Gasteiger partial charge is 0.508 e. The number of nitrogens with two attached hydrogens (primary N) is 1. The Labute approximate surface area is 138 Å². The second kappa shape index (κ2) is 7.12. The van der Waals surface area contributed by atoms with Gasteiger partial charge in [0.1, 0.15) is 10.6 Å². The number of rotatable bonds is 2. The lowest BCUT2D eigenvalue weighted by atomic mass is 10.1. The molecule has 0 aliphatic heterocycles. The van der Waals surface area contributed by atoms with E-state index in [1.807, 2.05) is 6.07 Å². The molecule has 0 saturated heterocycles. The van der Waals surface area contributed by atoms with Crippen molar-refractivity contribution in [2.75, 3.05) is 0 Å². The summed E-state index contributed by atoms with van der Waals surface area (Å²) >= 11 is 0. The van der Waals surface area contributed by atoms with Gasteiger partial charge in [-0.1, -0.05) is 30.3 Å². The van der Waals surface area contributed by atoms with Crippen LogP contribution in [-0.2, 0) is 10.1 Å². The molecule has 0 aliphatic rings. The van der Waals surface area contributed by atoms with Gasteiger partial charge in [0.2, 0.25) is 5.91 Å². The summed E-state index contributed by atoms with van der Waals surface area (Å²) < 4.78 is 31.0. The Morgan fingerprint density at radius 3 is 2.12 bits per heavy atom. The van der Waals surface area contributed by atoms with E-state index in [2.05, 4.69) is 0 Å². The van der Waals surface area contributed by atoms with Crippen molar-refractivity contribution in [1.29, 1.82) is 0 Å². The smallest absolute Gasteiger partial charge is 0.295 e. The summed E-state index contributed by atoms with van der Waals surface area (Å²) in [4.78, 5) is 10.3. The van der Waals surface area contributed by atoms with Crippen LogP contribution in [0.5, 0.6) is 5.75 Å². The number of phenolic OH excluding ortho intramolecular Hbond substituents is 1. The minimum absolute atomic E-state index is 0.0509. The summed E-state index contributed by atoms with van der Waals surface area (Å²) in [5.74, 6) is -0.328. The summed E-state index contributed by atoms with van der Waals surface area (Å²) in [5.41, 5.74) is 5.53. The van der Waals surface area contributed by atoms with Gasteiger partial charge in [0.25, 0.3) is 10.1 Å². The summed E-state index contributed by atoms with van der Waals surface area (Å²) in [6.45, 7) is 0. The molecule has 6 nitrogen and oxygen atoms in total. The van der Waals surface area contributed by atoms with E-state index in [1.165, 1.54) is 30.3 Å². The highest BCUT2D eigenvalue weighted by molar-refractivity contribution is 7.86. The zero-order valence-electron chi connectivity index (χ0n) is 12.5. The highest BCUT2D eigenvalue weighted by Crippen LogP contribution is 2.25. The molecule has 3 aromatic carbocycles. The number of phenols is 1. The van der Waals surface area contributed by atoms with Gasteiger partial charge in [0, 0.05) is 10.9 Å². The summed E-state index contributed by atoms with van der Waals surface area (Å²) in [6.07, 6.45) is 0. The van der Waals surface area contributed by atoms with Gasteiger partial charge in [0.15, 0.2) is 0 Å². The van der Waals surface area contributed by atoms with Crippen molar-refractivity contribution < 1.29 is 22.9 Å². The van der Waals surface area contributed by atoms with E-state index in [0.717, 1.165) is 0 Å². The highest BCUT2D eigenvalue weighted by Gasteiger charge is 2.13. The number of hydrogen-bond donors (Lipinski definition) is 3. The van der Waals surface area contributed by atoms with Crippen LogP contribution in [0.1, 0.15) is 10.4 Å². The van der Waals surface area contributed by atoms with E-state index < -0.39 is 10.1 Å². The quantitative estimate of drug-likeness (QED) is 0.617. The molecule has 3 aromatic rings. The van der Waals surface area contributed by atoms with Crippen molar-refractivity contribution >= 4 is 26.8 Å². The van der Waals surface area contributed by atoms with Crippen LogP contribution in [0.15, 0.2) is 71.6 Å². The molecule has 0 fully saturated rings. The molecule has 0 unspecified atom stereocenters. The van der Waals surface area contributed by atoms with E-state index in [-0.39, 0.29) is 16.6 Å². The van der Waals surface area contributed by atoms with Crippen molar-refractivity contribution in [2.45, 2.75) is 4.90 Å². The Bertz CT molecular complexity index is 969. The first-order valence-corrected chi connectivity index (χ1v) is 8.27. The number of carbonyl (C=O) groups excluding carboxylic acids is 1. The number of aromatic hydroxyl groups is 1. The highest BCUT2D eigenvalue weighted by atomic mass is 32.2. The van der Waals surface area contributed by atoms with Gasteiger partial charge in [0.05, 0.1) is 0 Å². The maximum Gasteiger partial charge on any atom is 0.295 e. The van der Waals surface area contributed by atoms with Crippen LogP contribution in [-0.4, -0.2) is 24.0 Å². The molecule has 1 amide bonds. The first-order chi connectivity index (χ1) is 11.3. The number of primary amides is 1. The van der Waals surface area contributed by atoms with E-state index in [9.17, 15) is 18.3 Å². The Hall–Kier alpha value is -2.90. The average molecular weight is 345 g/mol. The van der Waals surface area contributed by atoms with Gasteiger partial charge < -0.3 is 10.8 Å². The summed E-state index contributed by atoms with van der Waals surface area (Å²) in [5, 5.41) is 10.2. The maximum absolute atomic E-state index is 11.0. The molecule has 0 atom stereocenters. The molecule has 0 spiro atoms. The fraction of sp³-hybridized carbons (Fsp3) is 0. The summed E-state index contributed by atoms with van der Waals surface area (Å²) in [6, 6.07) is 17.5. The number of fused-ring (bicyclic) bond motifs is 1. The topological polar surface area (TPSA) is 118 Å². The predicted molar refractivity (Wildman–Crippen MR) is 90.4 cm³/mol. The van der Waals surface area contributed by atoms with E-state index in [0.29, 0.717) is 16.3 Å². The van der Waals surface area contributed by atoms with Gasteiger partial charge in [-0.2, -0.15) is 8.42 Å². The standard InChI is InChI=1S/C10H8O4S.C7H7NO/c11-8-4-5-9-7(6-8)2-1-3-10(9)15(12,13)14;8-7(9)6-4-2-1-3-5-6/h1-6,11H,(H,12,13,14);1-5H,(H2,8,9). The number of benzene rings is 3. The molecule has 24 heavy (non-hydrogen) atoms. The summed E-state index contributed by atoms with van der Waals surface area (Å²) in [7, 11) is -4.22. The molecule has 0 radical (unpaired) electrons. The molecule has 0 aliphatic carbocycles. The monoisotopic (exact) mass is 345 g/mol. The van der Waals surface area contributed by atoms with Crippen molar-refractivity contribution in [1.82, 2.24) is 0 Å². The maximum atomic E-state index is 11.0. The third kappa shape index (κ3) is 4.31. The van der Waals surface area contributed by atoms with Crippen LogP contribution in [0.2, 0.25) is 0 Å². The van der Waals surface area contributed by atoms with Crippen molar-refractivity contribution in [3.05, 3.63) is 72.3 Å². The second-order valence-corrected chi connectivity index (χ2v) is 6.26. The van der Waals surface area contributed by atoms with Crippen LogP contribution in [0, 0.1) is 0 Å². The van der Waals surface area contributed by atoms with Crippen molar-refractivity contribution in [3.63, 3.8) is 0 Å². The third-order valence-electron chi connectivity index (χ3n) is 3.16. The van der Waals surface area contributed by atoms with Crippen LogP contribution in [0.4, 0.5) is 0 Å². The van der Waals surface area contributed by atoms with Gasteiger partial charge >= 0.3 is 0 Å². The molecule has 7 heteroatoms. The number of carbonyl (C=O) groups is 1. The van der Waals surface area contributed by atoms with Crippen molar-refractivity contribution in [3.8, 4) is 5.75 Å². The average Bonchev–Trinajstić information content (AvgIpc) is 2.54. The van der Waals surface area contributed by atoms with Gasteiger partial charge in [-0.05, 0) is 41.8 Å². The van der Waals surface area contributed by atoms with Crippen LogP contribution < -0.4 is 5.73 Å². The normalized spacial score (nSPS) is 10.7. The zero-order chi connectivity index (χ0) is 17.7. The Morgan fingerprint density at radius 2 is 1.58 bits per heavy atom. The lowest BCUT2D eigenvalue weighted by Gasteiger charge is -2.03. The predicted octanol–water partition coefficient (Wildman–Crippen LogP) is 2.58. The molecule has 3 rings (SSSR count). The second-order valence-electron chi connectivity index (χ2n) is 4.87. The van der Waals surface area contributed by atoms with Gasteiger partial charge in [-0.3, -0.25) is 9.35 Å². The molecule has 0 heterocycles. The molecule has 0 aromatic heterocycles. The van der Waals surface area contributed by atoms with Crippen LogP contribution in [0.3, 0.4) is 0 Å².